The highest BCUT2D eigenvalue weighted by Gasteiger charge is 2.34. The zero-order valence-electron chi connectivity index (χ0n) is 19.6. The predicted octanol–water partition coefficient (Wildman–Crippen LogP) is 4.18. The Bertz CT molecular complexity index is 460. The van der Waals surface area contributed by atoms with Gasteiger partial charge in [-0.2, -0.15) is 0 Å². The van der Waals surface area contributed by atoms with Crippen molar-refractivity contribution < 1.29 is 18.9 Å². The SMILES string of the molecule is CCCCCCCCOC1NCC(C2CCC(OCC3COC(C)(C)O3)CC2)CN1. The first-order chi connectivity index (χ1) is 14.6. The summed E-state index contributed by atoms with van der Waals surface area (Å²) in [5, 5.41) is 7.13. The lowest BCUT2D eigenvalue weighted by molar-refractivity contribution is -0.149. The lowest BCUT2D eigenvalue weighted by Gasteiger charge is -2.38. The summed E-state index contributed by atoms with van der Waals surface area (Å²) in [5.74, 6) is 1.03. The topological polar surface area (TPSA) is 61.0 Å². The van der Waals surface area contributed by atoms with E-state index in [1.165, 1.54) is 51.4 Å². The molecule has 30 heavy (non-hydrogen) atoms. The molecule has 2 N–H and O–H groups in total. The summed E-state index contributed by atoms with van der Waals surface area (Å²) in [6.45, 7) is 10.5. The van der Waals surface area contributed by atoms with E-state index in [9.17, 15) is 0 Å². The molecule has 3 fully saturated rings. The van der Waals surface area contributed by atoms with Gasteiger partial charge in [-0.1, -0.05) is 39.0 Å². The number of rotatable bonds is 12. The average Bonchev–Trinajstić information content (AvgIpc) is 3.11. The van der Waals surface area contributed by atoms with Gasteiger partial charge in [-0.15, -0.1) is 0 Å². The van der Waals surface area contributed by atoms with Crippen LogP contribution < -0.4 is 10.6 Å². The molecule has 2 heterocycles. The third-order valence-electron chi connectivity index (χ3n) is 6.88. The van der Waals surface area contributed by atoms with Crippen LogP contribution in [0.25, 0.3) is 0 Å². The van der Waals surface area contributed by atoms with Crippen molar-refractivity contribution in [2.24, 2.45) is 11.8 Å². The molecule has 0 spiro atoms. The summed E-state index contributed by atoms with van der Waals surface area (Å²) in [6.07, 6.45) is 13.2. The minimum Gasteiger partial charge on any atom is -0.375 e. The molecule has 0 aromatic rings. The van der Waals surface area contributed by atoms with Gasteiger partial charge < -0.3 is 18.9 Å². The molecule has 1 unspecified atom stereocenters. The van der Waals surface area contributed by atoms with Crippen molar-refractivity contribution in [1.29, 1.82) is 0 Å². The minimum atomic E-state index is -0.455. The standard InChI is InChI=1S/C24H46N2O4/c1-4-5-6-7-8-9-14-27-23-25-15-20(16-26-23)19-10-12-21(13-11-19)28-17-22-18-29-24(2,3)30-22/h19-23,25-26H,4-18H2,1-3H3. The first kappa shape index (κ1) is 24.4. The Morgan fingerprint density at radius 2 is 1.57 bits per heavy atom. The van der Waals surface area contributed by atoms with Crippen LogP contribution in [0.3, 0.4) is 0 Å². The van der Waals surface area contributed by atoms with Gasteiger partial charge in [0.1, 0.15) is 6.10 Å². The second-order valence-electron chi connectivity index (χ2n) is 9.92. The van der Waals surface area contributed by atoms with Crippen molar-refractivity contribution in [3.63, 3.8) is 0 Å². The van der Waals surface area contributed by atoms with Gasteiger partial charge in [-0.3, -0.25) is 10.6 Å². The molecule has 0 bridgehead atoms. The van der Waals surface area contributed by atoms with E-state index < -0.39 is 5.79 Å². The molecular weight excluding hydrogens is 380 g/mol. The monoisotopic (exact) mass is 426 g/mol. The molecule has 0 amide bonds. The van der Waals surface area contributed by atoms with Gasteiger partial charge in [0.15, 0.2) is 12.1 Å². The highest BCUT2D eigenvalue weighted by atomic mass is 16.7. The Balaban J connectivity index is 1.21. The molecule has 176 valence electrons. The molecule has 6 heteroatoms. The molecule has 3 aliphatic rings. The van der Waals surface area contributed by atoms with Crippen LogP contribution in [0.5, 0.6) is 0 Å². The Morgan fingerprint density at radius 1 is 0.867 bits per heavy atom. The summed E-state index contributed by atoms with van der Waals surface area (Å²) < 4.78 is 23.6. The molecule has 2 saturated heterocycles. The van der Waals surface area contributed by atoms with Gasteiger partial charge in [0, 0.05) is 13.1 Å². The number of hydrogen-bond acceptors (Lipinski definition) is 6. The second-order valence-corrected chi connectivity index (χ2v) is 9.92. The lowest BCUT2D eigenvalue weighted by atomic mass is 9.78. The summed E-state index contributed by atoms with van der Waals surface area (Å²) in [6, 6.07) is 0. The molecule has 2 aliphatic heterocycles. The molecule has 1 atom stereocenters. The van der Waals surface area contributed by atoms with Crippen LogP contribution in [-0.2, 0) is 18.9 Å². The van der Waals surface area contributed by atoms with E-state index in [0.29, 0.717) is 25.2 Å². The zero-order valence-corrected chi connectivity index (χ0v) is 19.6. The molecule has 3 rings (SSSR count). The first-order valence-corrected chi connectivity index (χ1v) is 12.6. The maximum Gasteiger partial charge on any atom is 0.163 e. The van der Waals surface area contributed by atoms with E-state index in [2.05, 4.69) is 17.6 Å². The van der Waals surface area contributed by atoms with E-state index in [-0.39, 0.29) is 12.5 Å². The first-order valence-electron chi connectivity index (χ1n) is 12.6. The number of hydrogen-bond donors (Lipinski definition) is 2. The molecule has 0 aromatic heterocycles. The smallest absolute Gasteiger partial charge is 0.163 e. The maximum atomic E-state index is 6.14. The van der Waals surface area contributed by atoms with Gasteiger partial charge in [-0.05, 0) is 57.8 Å². The van der Waals surface area contributed by atoms with Crippen molar-refractivity contribution in [3.8, 4) is 0 Å². The predicted molar refractivity (Wildman–Crippen MR) is 119 cm³/mol. The van der Waals surface area contributed by atoms with Gasteiger partial charge in [0.05, 0.1) is 25.9 Å². The maximum absolute atomic E-state index is 6.14. The van der Waals surface area contributed by atoms with Crippen molar-refractivity contribution in [1.82, 2.24) is 10.6 Å². The van der Waals surface area contributed by atoms with E-state index in [4.69, 9.17) is 18.9 Å². The van der Waals surface area contributed by atoms with E-state index >= 15 is 0 Å². The van der Waals surface area contributed by atoms with Crippen molar-refractivity contribution in [3.05, 3.63) is 0 Å². The van der Waals surface area contributed by atoms with E-state index in [1.807, 2.05) is 13.8 Å². The molecule has 0 radical (unpaired) electrons. The Morgan fingerprint density at radius 3 is 2.23 bits per heavy atom. The zero-order chi connectivity index (χ0) is 21.2. The van der Waals surface area contributed by atoms with Crippen LogP contribution in [0.15, 0.2) is 0 Å². The highest BCUT2D eigenvalue weighted by molar-refractivity contribution is 4.84. The third-order valence-corrected chi connectivity index (χ3v) is 6.88. The van der Waals surface area contributed by atoms with Crippen molar-refractivity contribution in [2.45, 2.75) is 109 Å². The Kier molecular flexibility index (Phi) is 10.3. The molecule has 1 saturated carbocycles. The van der Waals surface area contributed by atoms with Gasteiger partial charge >= 0.3 is 0 Å². The van der Waals surface area contributed by atoms with Crippen LogP contribution in [-0.4, -0.2) is 57.3 Å². The summed E-state index contributed by atoms with van der Waals surface area (Å²) in [5.41, 5.74) is 0. The van der Waals surface area contributed by atoms with Crippen molar-refractivity contribution >= 4 is 0 Å². The van der Waals surface area contributed by atoms with Crippen LogP contribution in [0, 0.1) is 11.8 Å². The fourth-order valence-electron chi connectivity index (χ4n) is 5.01. The van der Waals surface area contributed by atoms with Gasteiger partial charge in [0.25, 0.3) is 0 Å². The molecular formula is C24H46N2O4. The van der Waals surface area contributed by atoms with E-state index in [0.717, 1.165) is 38.5 Å². The average molecular weight is 427 g/mol. The third kappa shape index (κ3) is 8.36. The Labute approximate surface area is 184 Å². The van der Waals surface area contributed by atoms with Gasteiger partial charge in [0.2, 0.25) is 0 Å². The quantitative estimate of drug-likeness (QED) is 0.457. The number of ether oxygens (including phenoxy) is 4. The minimum absolute atomic E-state index is 0.0365. The summed E-state index contributed by atoms with van der Waals surface area (Å²) in [7, 11) is 0. The molecule has 1 aliphatic carbocycles. The fourth-order valence-corrected chi connectivity index (χ4v) is 5.01. The molecule has 6 nitrogen and oxygen atoms in total. The van der Waals surface area contributed by atoms with Crippen LogP contribution in [0.4, 0.5) is 0 Å². The van der Waals surface area contributed by atoms with Gasteiger partial charge in [-0.25, -0.2) is 0 Å². The fraction of sp³-hybridized carbons (Fsp3) is 1.00. The lowest BCUT2D eigenvalue weighted by Crippen LogP contribution is -2.55. The normalized spacial score (nSPS) is 34.3. The van der Waals surface area contributed by atoms with Crippen LogP contribution >= 0.6 is 0 Å². The number of unbranched alkanes of at least 4 members (excludes halogenated alkanes) is 5. The van der Waals surface area contributed by atoms with Crippen LogP contribution in [0.2, 0.25) is 0 Å². The molecule has 0 aromatic carbocycles. The largest absolute Gasteiger partial charge is 0.375 e. The van der Waals surface area contributed by atoms with E-state index in [1.54, 1.807) is 0 Å². The summed E-state index contributed by atoms with van der Waals surface area (Å²) >= 11 is 0. The Hall–Kier alpha value is -0.240. The van der Waals surface area contributed by atoms with Crippen LogP contribution in [0.1, 0.15) is 85.0 Å². The van der Waals surface area contributed by atoms with Crippen molar-refractivity contribution in [2.75, 3.05) is 32.9 Å². The number of nitrogens with one attached hydrogen (secondary N) is 2. The summed E-state index contributed by atoms with van der Waals surface area (Å²) in [4.78, 5) is 0. The second kappa shape index (κ2) is 12.7. The highest BCUT2D eigenvalue weighted by Crippen LogP contribution is 2.32.